The average Bonchev–Trinajstić information content (AvgIpc) is 3.68. The van der Waals surface area contributed by atoms with Crippen molar-refractivity contribution >= 4 is 23.9 Å². The lowest BCUT2D eigenvalue weighted by atomic mass is 9.79. The third-order valence-electron chi connectivity index (χ3n) is 8.46. The molecule has 240 valence electrons. The monoisotopic (exact) mass is 622 g/mol. The van der Waals surface area contributed by atoms with Gasteiger partial charge in [-0.05, 0) is 31.2 Å². The fourth-order valence-electron chi connectivity index (χ4n) is 6.27. The van der Waals surface area contributed by atoms with Gasteiger partial charge in [-0.1, -0.05) is 54.8 Å². The Morgan fingerprint density at radius 3 is 2.42 bits per heavy atom. The van der Waals surface area contributed by atoms with Crippen LogP contribution in [-0.2, 0) is 34.4 Å². The van der Waals surface area contributed by atoms with Crippen molar-refractivity contribution in [1.82, 2.24) is 30.9 Å². The number of esters is 2. The highest BCUT2D eigenvalue weighted by Crippen LogP contribution is 2.37. The van der Waals surface area contributed by atoms with E-state index in [0.717, 1.165) is 39.0 Å². The smallest absolute Gasteiger partial charge is 0.342 e. The first-order valence-corrected chi connectivity index (χ1v) is 15.0. The molecular weight excluding hydrogens is 584 g/mol. The normalized spacial score (nSPS) is 20.3. The predicted octanol–water partition coefficient (Wildman–Crippen LogP) is 2.25. The van der Waals surface area contributed by atoms with E-state index in [1.165, 1.54) is 0 Å². The zero-order chi connectivity index (χ0) is 32.0. The first-order chi connectivity index (χ1) is 21.8. The molecule has 1 aliphatic heterocycles. The van der Waals surface area contributed by atoms with E-state index >= 15 is 0 Å². The first-order valence-electron chi connectivity index (χ1n) is 15.0. The number of carbonyl (C=O) groups is 4. The second-order valence-corrected chi connectivity index (χ2v) is 11.4. The van der Waals surface area contributed by atoms with E-state index in [4.69, 9.17) is 13.9 Å². The molecule has 5 rings (SSSR count). The Morgan fingerprint density at radius 1 is 1.02 bits per heavy atom. The summed E-state index contributed by atoms with van der Waals surface area (Å²) in [7, 11) is 2.27. The molecule has 1 aliphatic carbocycles. The van der Waals surface area contributed by atoms with Crippen LogP contribution in [0.5, 0.6) is 0 Å². The second kappa shape index (κ2) is 13.9. The summed E-state index contributed by atoms with van der Waals surface area (Å²) in [5, 5.41) is 27.6. The molecule has 2 atom stereocenters. The van der Waals surface area contributed by atoms with Crippen LogP contribution in [-0.4, -0.2) is 76.9 Å². The van der Waals surface area contributed by atoms with Crippen LogP contribution in [0.3, 0.4) is 0 Å². The Balaban J connectivity index is 1.63. The van der Waals surface area contributed by atoms with Crippen molar-refractivity contribution in [3.63, 3.8) is 0 Å². The standard InChI is InChI=1S/C31H38N6O8/c1-43-28(40)24-22-12-11-20(18-38)34-30(42)35-31(13-7-4-8-14-31)23-16-32-36-37(23)17-21(15-19-9-5-3-6-10-19)33-27(39)26(45-22)25(24)29(41)44-2/h3,5-6,9-10,16,20-21,38H,4,7-8,11-15,17-18H2,1-2H3,(H,33,39)(H2,34,35,42)/t20-,21+/m0/s1. The molecule has 2 bridgehead atoms. The number of methoxy groups -OCH3 is 2. The number of carbonyl (C=O) groups excluding carboxylic acids is 4. The van der Waals surface area contributed by atoms with Gasteiger partial charge in [0.2, 0.25) is 5.76 Å². The number of ether oxygens (including phenoxy) is 2. The number of nitrogens with one attached hydrogen (secondary N) is 3. The molecule has 2 aromatic heterocycles. The molecule has 14 heteroatoms. The number of fused-ring (bicyclic) bond motifs is 4. The summed E-state index contributed by atoms with van der Waals surface area (Å²) in [6.07, 6.45) is 6.23. The van der Waals surface area contributed by atoms with Crippen molar-refractivity contribution in [2.24, 2.45) is 0 Å². The topological polar surface area (TPSA) is 187 Å². The molecule has 1 saturated carbocycles. The Labute approximate surface area is 259 Å². The Morgan fingerprint density at radius 2 is 1.73 bits per heavy atom. The summed E-state index contributed by atoms with van der Waals surface area (Å²) < 4.78 is 17.5. The molecule has 3 heterocycles. The van der Waals surface area contributed by atoms with E-state index in [1.54, 1.807) is 10.9 Å². The lowest BCUT2D eigenvalue weighted by molar-refractivity contribution is 0.0554. The largest absolute Gasteiger partial charge is 0.465 e. The van der Waals surface area contributed by atoms with Crippen molar-refractivity contribution in [1.29, 1.82) is 0 Å². The number of hydrogen-bond donors (Lipinski definition) is 4. The molecule has 1 fully saturated rings. The lowest BCUT2D eigenvalue weighted by Crippen LogP contribution is -2.54. The highest BCUT2D eigenvalue weighted by atomic mass is 16.5. The Bertz CT molecular complexity index is 1530. The van der Waals surface area contributed by atoms with Crippen LogP contribution < -0.4 is 16.0 Å². The summed E-state index contributed by atoms with van der Waals surface area (Å²) in [5.74, 6) is -3.01. The first kappa shape index (κ1) is 31.7. The van der Waals surface area contributed by atoms with Crippen LogP contribution in [0.1, 0.15) is 86.8 Å². The molecule has 14 nitrogen and oxygen atoms in total. The number of benzene rings is 1. The minimum absolute atomic E-state index is 0.0114. The molecule has 0 unspecified atom stereocenters. The molecule has 3 aromatic rings. The molecule has 1 aromatic carbocycles. The zero-order valence-electron chi connectivity index (χ0n) is 25.3. The second-order valence-electron chi connectivity index (χ2n) is 11.4. The summed E-state index contributed by atoms with van der Waals surface area (Å²) >= 11 is 0. The summed E-state index contributed by atoms with van der Waals surface area (Å²) in [5.41, 5.74) is 0.240. The van der Waals surface area contributed by atoms with Crippen molar-refractivity contribution in [3.8, 4) is 0 Å². The van der Waals surface area contributed by atoms with Crippen LogP contribution in [0.15, 0.2) is 40.9 Å². The number of hydrogen-bond acceptors (Lipinski definition) is 10. The molecular formula is C31H38N6O8. The fourth-order valence-corrected chi connectivity index (χ4v) is 6.27. The van der Waals surface area contributed by atoms with Crippen molar-refractivity contribution in [2.45, 2.75) is 75.5 Å². The maximum Gasteiger partial charge on any atom is 0.342 e. The summed E-state index contributed by atoms with van der Waals surface area (Å²) in [4.78, 5) is 53.3. The Hall–Kier alpha value is -4.72. The third-order valence-corrected chi connectivity index (χ3v) is 8.46. The van der Waals surface area contributed by atoms with Gasteiger partial charge in [0.1, 0.15) is 16.9 Å². The van der Waals surface area contributed by atoms with Crippen molar-refractivity contribution < 1.29 is 38.2 Å². The molecule has 0 saturated heterocycles. The SMILES string of the molecule is COC(=O)c1c2oc(c1C(=O)OC)C(=O)N[C@H](Cc1ccccc1)Cn1nncc1C1(CCCCC1)NC(=O)N[C@H](CO)CC2. The van der Waals surface area contributed by atoms with Crippen LogP contribution in [0.4, 0.5) is 4.79 Å². The number of amides is 3. The van der Waals surface area contributed by atoms with Crippen LogP contribution in [0.25, 0.3) is 0 Å². The number of aromatic nitrogens is 3. The van der Waals surface area contributed by atoms with E-state index < -0.39 is 53.9 Å². The molecule has 2 aliphatic rings. The molecule has 45 heavy (non-hydrogen) atoms. The lowest BCUT2D eigenvalue weighted by Gasteiger charge is -2.38. The zero-order valence-corrected chi connectivity index (χ0v) is 25.3. The van der Waals surface area contributed by atoms with Gasteiger partial charge in [-0.2, -0.15) is 0 Å². The van der Waals surface area contributed by atoms with Crippen molar-refractivity contribution in [2.75, 3.05) is 20.8 Å². The van der Waals surface area contributed by atoms with E-state index in [2.05, 4.69) is 26.3 Å². The highest BCUT2D eigenvalue weighted by molar-refractivity contribution is 6.11. The average molecular weight is 623 g/mol. The van der Waals surface area contributed by atoms with Gasteiger partial charge in [0, 0.05) is 6.42 Å². The van der Waals surface area contributed by atoms with E-state index in [1.807, 2.05) is 30.3 Å². The molecule has 0 radical (unpaired) electrons. The number of aryl methyl sites for hydroxylation is 1. The predicted molar refractivity (Wildman–Crippen MR) is 158 cm³/mol. The van der Waals surface area contributed by atoms with Gasteiger partial charge < -0.3 is 34.9 Å². The highest BCUT2D eigenvalue weighted by Gasteiger charge is 2.40. The molecule has 4 N–H and O–H groups in total. The summed E-state index contributed by atoms with van der Waals surface area (Å²) in [6.45, 7) is -0.238. The van der Waals surface area contributed by atoms with Gasteiger partial charge in [0.05, 0.1) is 56.9 Å². The van der Waals surface area contributed by atoms with Gasteiger partial charge in [0.25, 0.3) is 5.91 Å². The number of rotatable bonds is 5. The molecule has 3 amide bonds. The van der Waals surface area contributed by atoms with Gasteiger partial charge in [-0.3, -0.25) is 4.79 Å². The third kappa shape index (κ3) is 6.85. The number of furan rings is 1. The Kier molecular flexibility index (Phi) is 9.81. The van der Waals surface area contributed by atoms with E-state index in [0.29, 0.717) is 25.0 Å². The number of aliphatic hydroxyl groups is 1. The van der Waals surface area contributed by atoms with Gasteiger partial charge in [-0.25, -0.2) is 19.1 Å². The maximum atomic E-state index is 13.9. The van der Waals surface area contributed by atoms with Crippen LogP contribution in [0, 0.1) is 0 Å². The van der Waals surface area contributed by atoms with Gasteiger partial charge in [-0.15, -0.1) is 5.10 Å². The summed E-state index contributed by atoms with van der Waals surface area (Å²) in [6, 6.07) is 7.73. The van der Waals surface area contributed by atoms with E-state index in [-0.39, 0.29) is 36.3 Å². The van der Waals surface area contributed by atoms with Gasteiger partial charge >= 0.3 is 18.0 Å². The molecule has 1 spiro atoms. The quantitative estimate of drug-likeness (QED) is 0.308. The van der Waals surface area contributed by atoms with Crippen molar-refractivity contribution in [3.05, 3.63) is 70.4 Å². The number of aliphatic hydroxyl groups excluding tert-OH is 1. The maximum absolute atomic E-state index is 13.9. The minimum atomic E-state index is -0.956. The van der Waals surface area contributed by atoms with E-state index in [9.17, 15) is 24.3 Å². The van der Waals surface area contributed by atoms with Crippen LogP contribution >= 0.6 is 0 Å². The number of nitrogens with zero attached hydrogens (tertiary/aromatic N) is 3. The van der Waals surface area contributed by atoms with Crippen LogP contribution in [0.2, 0.25) is 0 Å². The minimum Gasteiger partial charge on any atom is -0.465 e. The number of urea groups is 1. The van der Waals surface area contributed by atoms with Gasteiger partial charge in [0.15, 0.2) is 0 Å². The fraction of sp³-hybridized carbons (Fsp3) is 0.484.